The highest BCUT2D eigenvalue weighted by Crippen LogP contribution is 2.28. The van der Waals surface area contributed by atoms with E-state index in [1.54, 1.807) is 24.4 Å². The summed E-state index contributed by atoms with van der Waals surface area (Å²) in [5, 5.41) is 4.09. The van der Waals surface area contributed by atoms with Crippen molar-refractivity contribution in [2.75, 3.05) is 13.7 Å². The third kappa shape index (κ3) is 6.33. The molecule has 0 aliphatic heterocycles. The number of rotatable bonds is 9. The largest absolute Gasteiger partial charge is 0.493 e. The van der Waals surface area contributed by atoms with Crippen LogP contribution in [0.25, 0.3) is 0 Å². The van der Waals surface area contributed by atoms with Crippen LogP contribution in [0.2, 0.25) is 0 Å². The minimum atomic E-state index is -0.362. The first-order valence-corrected chi connectivity index (χ1v) is 10.5. The second-order valence-corrected chi connectivity index (χ2v) is 7.37. The van der Waals surface area contributed by atoms with E-state index < -0.39 is 0 Å². The Bertz CT molecular complexity index is 1050. The van der Waals surface area contributed by atoms with Crippen LogP contribution in [0, 0.1) is 0 Å². The molecule has 1 amide bonds. The van der Waals surface area contributed by atoms with Gasteiger partial charge in [-0.15, -0.1) is 0 Å². The fourth-order valence-corrected chi connectivity index (χ4v) is 3.17. The summed E-state index contributed by atoms with van der Waals surface area (Å²) in [7, 11) is 1.53. The quantitative estimate of drug-likeness (QED) is 0.336. The lowest BCUT2D eigenvalue weighted by atomic mass is 10.2. The third-order valence-corrected chi connectivity index (χ3v) is 4.80. The molecule has 0 bridgehead atoms. The van der Waals surface area contributed by atoms with E-state index in [4.69, 9.17) is 14.2 Å². The first-order valence-electron chi connectivity index (χ1n) is 9.71. The molecule has 1 N–H and O–H groups in total. The zero-order valence-corrected chi connectivity index (χ0v) is 18.9. The number of carbonyl (C=O) groups excluding carboxylic acids is 1. The number of nitrogens with one attached hydrogen (secondary N) is 1. The van der Waals surface area contributed by atoms with E-state index in [1.807, 2.05) is 55.5 Å². The number of carbonyl (C=O) groups is 1. The van der Waals surface area contributed by atoms with E-state index in [1.165, 1.54) is 7.11 Å². The zero-order valence-electron chi connectivity index (χ0n) is 17.3. The molecule has 0 saturated carbocycles. The summed E-state index contributed by atoms with van der Waals surface area (Å²) < 4.78 is 17.6. The Kier molecular flexibility index (Phi) is 8.06. The normalized spacial score (nSPS) is 10.7. The maximum atomic E-state index is 12.5. The van der Waals surface area contributed by atoms with Gasteiger partial charge >= 0.3 is 0 Å². The van der Waals surface area contributed by atoms with Crippen molar-refractivity contribution in [3.63, 3.8) is 0 Å². The molecule has 0 saturated heterocycles. The lowest BCUT2D eigenvalue weighted by Gasteiger charge is -2.11. The highest BCUT2D eigenvalue weighted by molar-refractivity contribution is 9.10. The standard InChI is InChI=1S/C24H23BrN2O4/c1-3-30-22-11-9-18(14-23(22)29-2)24(28)27-26-15-19-13-20(25)10-12-21(19)31-16-17-7-5-4-6-8-17/h4-15H,3,16H2,1-2H3,(H,27,28)/b26-15+. The predicted octanol–water partition coefficient (Wildman–Crippen LogP) is 5.20. The summed E-state index contributed by atoms with van der Waals surface area (Å²) in [4.78, 5) is 12.5. The Labute approximate surface area is 190 Å². The average Bonchev–Trinajstić information content (AvgIpc) is 2.79. The lowest BCUT2D eigenvalue weighted by Crippen LogP contribution is -2.17. The fourth-order valence-electron chi connectivity index (χ4n) is 2.80. The number of nitrogens with zero attached hydrogens (tertiary/aromatic N) is 1. The number of halogens is 1. The number of amides is 1. The van der Waals surface area contributed by atoms with Gasteiger partial charge in [0, 0.05) is 15.6 Å². The van der Waals surface area contributed by atoms with Crippen LogP contribution in [0.1, 0.15) is 28.4 Å². The number of methoxy groups -OCH3 is 1. The monoisotopic (exact) mass is 482 g/mol. The van der Waals surface area contributed by atoms with Crippen LogP contribution in [0.5, 0.6) is 17.2 Å². The Morgan fingerprint density at radius 3 is 2.52 bits per heavy atom. The molecular weight excluding hydrogens is 460 g/mol. The first kappa shape index (κ1) is 22.4. The Morgan fingerprint density at radius 1 is 1.00 bits per heavy atom. The minimum Gasteiger partial charge on any atom is -0.493 e. The molecule has 0 radical (unpaired) electrons. The molecule has 3 aromatic rings. The molecule has 3 rings (SSSR count). The zero-order chi connectivity index (χ0) is 22.1. The molecule has 3 aromatic carbocycles. The summed E-state index contributed by atoms with van der Waals surface area (Å²) in [6, 6.07) is 20.5. The smallest absolute Gasteiger partial charge is 0.271 e. The summed E-state index contributed by atoms with van der Waals surface area (Å²) in [5.74, 6) is 1.37. The van der Waals surface area contributed by atoms with Crippen molar-refractivity contribution < 1.29 is 19.0 Å². The molecule has 160 valence electrons. The van der Waals surface area contributed by atoms with Gasteiger partial charge in [-0.1, -0.05) is 46.3 Å². The molecule has 0 spiro atoms. The number of ether oxygens (including phenoxy) is 3. The number of hydrogen-bond acceptors (Lipinski definition) is 5. The topological polar surface area (TPSA) is 69.2 Å². The van der Waals surface area contributed by atoms with Gasteiger partial charge in [0.05, 0.1) is 19.9 Å². The summed E-state index contributed by atoms with van der Waals surface area (Å²) in [5.41, 5.74) is 4.74. The van der Waals surface area contributed by atoms with Crippen LogP contribution >= 0.6 is 15.9 Å². The molecule has 7 heteroatoms. The minimum absolute atomic E-state index is 0.362. The summed E-state index contributed by atoms with van der Waals surface area (Å²) >= 11 is 3.45. The second-order valence-electron chi connectivity index (χ2n) is 6.45. The van der Waals surface area contributed by atoms with Crippen molar-refractivity contribution in [2.24, 2.45) is 5.10 Å². The average molecular weight is 483 g/mol. The third-order valence-electron chi connectivity index (χ3n) is 4.30. The fraction of sp³-hybridized carbons (Fsp3) is 0.167. The highest BCUT2D eigenvalue weighted by atomic mass is 79.9. The summed E-state index contributed by atoms with van der Waals surface area (Å²) in [6.07, 6.45) is 1.55. The SMILES string of the molecule is CCOc1ccc(C(=O)N/N=C/c2cc(Br)ccc2OCc2ccccc2)cc1OC. The van der Waals surface area contributed by atoms with Gasteiger partial charge in [-0.3, -0.25) is 4.79 Å². The van der Waals surface area contributed by atoms with Crippen LogP contribution in [0.15, 0.2) is 76.3 Å². The van der Waals surface area contributed by atoms with Crippen LogP contribution in [-0.4, -0.2) is 25.8 Å². The Morgan fingerprint density at radius 2 is 1.77 bits per heavy atom. The van der Waals surface area contributed by atoms with E-state index in [2.05, 4.69) is 26.5 Å². The highest BCUT2D eigenvalue weighted by Gasteiger charge is 2.11. The molecule has 0 aliphatic rings. The maximum Gasteiger partial charge on any atom is 0.271 e. The molecule has 0 aromatic heterocycles. The van der Waals surface area contributed by atoms with Gasteiger partial charge in [0.2, 0.25) is 0 Å². The van der Waals surface area contributed by atoms with Crippen molar-refractivity contribution in [3.05, 3.63) is 87.9 Å². The van der Waals surface area contributed by atoms with Gasteiger partial charge in [-0.05, 0) is 48.9 Å². The molecule has 0 heterocycles. The Hall–Kier alpha value is -3.32. The van der Waals surface area contributed by atoms with Crippen LogP contribution in [0.4, 0.5) is 0 Å². The van der Waals surface area contributed by atoms with E-state index in [0.29, 0.717) is 36.0 Å². The molecule has 0 atom stereocenters. The molecule has 0 fully saturated rings. The molecule has 0 aliphatic carbocycles. The van der Waals surface area contributed by atoms with Gasteiger partial charge in [0.15, 0.2) is 11.5 Å². The lowest BCUT2D eigenvalue weighted by molar-refractivity contribution is 0.0954. The van der Waals surface area contributed by atoms with Crippen molar-refractivity contribution in [1.82, 2.24) is 5.43 Å². The number of benzene rings is 3. The van der Waals surface area contributed by atoms with Gasteiger partial charge in [0.25, 0.3) is 5.91 Å². The van der Waals surface area contributed by atoms with E-state index >= 15 is 0 Å². The van der Waals surface area contributed by atoms with E-state index in [0.717, 1.165) is 15.6 Å². The van der Waals surface area contributed by atoms with Crippen LogP contribution in [0.3, 0.4) is 0 Å². The van der Waals surface area contributed by atoms with Gasteiger partial charge < -0.3 is 14.2 Å². The van der Waals surface area contributed by atoms with E-state index in [9.17, 15) is 4.79 Å². The molecular formula is C24H23BrN2O4. The van der Waals surface area contributed by atoms with Gasteiger partial charge in [-0.2, -0.15) is 5.10 Å². The molecule has 0 unspecified atom stereocenters. The number of hydrazone groups is 1. The molecule has 6 nitrogen and oxygen atoms in total. The van der Waals surface area contributed by atoms with Crippen molar-refractivity contribution >= 4 is 28.1 Å². The van der Waals surface area contributed by atoms with Crippen LogP contribution < -0.4 is 19.6 Å². The van der Waals surface area contributed by atoms with Crippen molar-refractivity contribution in [2.45, 2.75) is 13.5 Å². The maximum absolute atomic E-state index is 12.5. The predicted molar refractivity (Wildman–Crippen MR) is 124 cm³/mol. The second kappa shape index (κ2) is 11.2. The number of hydrogen-bond donors (Lipinski definition) is 1. The Balaban J connectivity index is 1.68. The van der Waals surface area contributed by atoms with Gasteiger partial charge in [0.1, 0.15) is 12.4 Å². The van der Waals surface area contributed by atoms with Crippen molar-refractivity contribution in [3.8, 4) is 17.2 Å². The summed E-state index contributed by atoms with van der Waals surface area (Å²) in [6.45, 7) is 2.82. The molecule has 31 heavy (non-hydrogen) atoms. The van der Waals surface area contributed by atoms with E-state index in [-0.39, 0.29) is 5.91 Å². The van der Waals surface area contributed by atoms with Crippen molar-refractivity contribution in [1.29, 1.82) is 0 Å². The van der Waals surface area contributed by atoms with Crippen LogP contribution in [-0.2, 0) is 6.61 Å². The first-order chi connectivity index (χ1) is 15.1. The van der Waals surface area contributed by atoms with Gasteiger partial charge in [-0.25, -0.2) is 5.43 Å².